The zero-order valence-electron chi connectivity index (χ0n) is 10.9. The first-order chi connectivity index (χ1) is 9.56. The molecule has 0 bridgehead atoms. The average Bonchev–Trinajstić information content (AvgIpc) is 2.86. The van der Waals surface area contributed by atoms with Gasteiger partial charge in [0.25, 0.3) is 0 Å². The van der Waals surface area contributed by atoms with E-state index in [2.05, 4.69) is 0 Å². The Morgan fingerprint density at radius 2 is 1.85 bits per heavy atom. The van der Waals surface area contributed by atoms with Crippen LogP contribution >= 0.6 is 23.2 Å². The first kappa shape index (κ1) is 13.5. The van der Waals surface area contributed by atoms with Crippen molar-refractivity contribution in [2.24, 2.45) is 5.73 Å². The molecule has 0 fully saturated rings. The number of fused-ring (bicyclic) bond motifs is 1. The molecule has 0 saturated heterocycles. The zero-order valence-corrected chi connectivity index (χ0v) is 12.4. The molecule has 0 radical (unpaired) electrons. The van der Waals surface area contributed by atoms with Gasteiger partial charge in [0.1, 0.15) is 5.76 Å². The summed E-state index contributed by atoms with van der Waals surface area (Å²) >= 11 is 12.1. The third-order valence-corrected chi connectivity index (χ3v) is 4.08. The number of hydrogen-bond acceptors (Lipinski definition) is 2. The molecule has 0 saturated carbocycles. The molecule has 2 nitrogen and oxygen atoms in total. The van der Waals surface area contributed by atoms with E-state index in [-0.39, 0.29) is 6.04 Å². The molecule has 1 atom stereocenters. The highest BCUT2D eigenvalue weighted by atomic mass is 35.5. The SMILES string of the molecule is Cc1cc(C(N)c2cc3cccc(Cl)c3o2)ccc1Cl. The second-order valence-corrected chi connectivity index (χ2v) is 5.61. The average molecular weight is 306 g/mol. The molecule has 1 heterocycles. The van der Waals surface area contributed by atoms with Crippen LogP contribution in [0.5, 0.6) is 0 Å². The molecule has 0 aliphatic carbocycles. The lowest BCUT2D eigenvalue weighted by molar-refractivity contribution is 0.525. The molecular formula is C16H13Cl2NO. The van der Waals surface area contributed by atoms with Gasteiger partial charge in [-0.1, -0.05) is 47.5 Å². The molecule has 3 aromatic rings. The van der Waals surface area contributed by atoms with Gasteiger partial charge in [-0.2, -0.15) is 0 Å². The van der Waals surface area contributed by atoms with E-state index in [1.54, 1.807) is 6.07 Å². The Balaban J connectivity index is 2.05. The second kappa shape index (κ2) is 5.13. The number of hydrogen-bond donors (Lipinski definition) is 1. The Labute approximate surface area is 127 Å². The minimum Gasteiger partial charge on any atom is -0.457 e. The lowest BCUT2D eigenvalue weighted by Crippen LogP contribution is -2.10. The van der Waals surface area contributed by atoms with Crippen LogP contribution in [-0.2, 0) is 0 Å². The fourth-order valence-electron chi connectivity index (χ4n) is 2.23. The van der Waals surface area contributed by atoms with Gasteiger partial charge in [-0.25, -0.2) is 0 Å². The maximum Gasteiger partial charge on any atom is 0.152 e. The van der Waals surface area contributed by atoms with Crippen LogP contribution in [0.1, 0.15) is 22.9 Å². The van der Waals surface area contributed by atoms with Crippen LogP contribution in [0, 0.1) is 6.92 Å². The summed E-state index contributed by atoms with van der Waals surface area (Å²) in [6.07, 6.45) is 0. The Hall–Kier alpha value is -1.48. The van der Waals surface area contributed by atoms with E-state index in [1.807, 2.05) is 43.3 Å². The summed E-state index contributed by atoms with van der Waals surface area (Å²) in [4.78, 5) is 0. The number of furan rings is 1. The molecule has 102 valence electrons. The summed E-state index contributed by atoms with van der Waals surface area (Å²) in [5.41, 5.74) is 8.90. The Morgan fingerprint density at radius 3 is 2.55 bits per heavy atom. The lowest BCUT2D eigenvalue weighted by atomic mass is 10.0. The smallest absolute Gasteiger partial charge is 0.152 e. The van der Waals surface area contributed by atoms with Gasteiger partial charge >= 0.3 is 0 Å². The summed E-state index contributed by atoms with van der Waals surface area (Å²) in [5, 5.41) is 2.27. The first-order valence-electron chi connectivity index (χ1n) is 6.26. The summed E-state index contributed by atoms with van der Waals surface area (Å²) in [6.45, 7) is 1.95. The Bertz CT molecular complexity index is 779. The van der Waals surface area contributed by atoms with E-state index in [9.17, 15) is 0 Å². The monoisotopic (exact) mass is 305 g/mol. The van der Waals surface area contributed by atoms with E-state index in [1.165, 1.54) is 0 Å². The molecule has 2 N–H and O–H groups in total. The topological polar surface area (TPSA) is 39.2 Å². The van der Waals surface area contributed by atoms with Gasteiger partial charge in [-0.3, -0.25) is 0 Å². The van der Waals surface area contributed by atoms with Crippen LogP contribution in [0.3, 0.4) is 0 Å². The number of aryl methyl sites for hydroxylation is 1. The standard InChI is InChI=1S/C16H13Cl2NO/c1-9-7-10(5-6-12(9)17)15(19)14-8-11-3-2-4-13(18)16(11)20-14/h2-8,15H,19H2,1H3. The summed E-state index contributed by atoms with van der Waals surface area (Å²) < 4.78 is 5.80. The zero-order chi connectivity index (χ0) is 14.3. The highest BCUT2D eigenvalue weighted by molar-refractivity contribution is 6.34. The summed E-state index contributed by atoms with van der Waals surface area (Å²) in [7, 11) is 0. The van der Waals surface area contributed by atoms with Crippen LogP contribution in [0.15, 0.2) is 46.9 Å². The number of nitrogens with two attached hydrogens (primary N) is 1. The van der Waals surface area contributed by atoms with Crippen molar-refractivity contribution in [2.75, 3.05) is 0 Å². The number of halogens is 2. The fourth-order valence-corrected chi connectivity index (χ4v) is 2.56. The van der Waals surface area contributed by atoms with Gasteiger partial charge in [0, 0.05) is 10.4 Å². The van der Waals surface area contributed by atoms with Crippen molar-refractivity contribution in [3.8, 4) is 0 Å². The molecular weight excluding hydrogens is 293 g/mol. The predicted octanol–water partition coefficient (Wildman–Crippen LogP) is 5.10. The minimum atomic E-state index is -0.338. The van der Waals surface area contributed by atoms with Crippen LogP contribution < -0.4 is 5.73 Å². The molecule has 0 aliphatic heterocycles. The van der Waals surface area contributed by atoms with E-state index >= 15 is 0 Å². The maximum atomic E-state index is 6.27. The van der Waals surface area contributed by atoms with Crippen molar-refractivity contribution in [3.63, 3.8) is 0 Å². The van der Waals surface area contributed by atoms with Crippen LogP contribution in [0.4, 0.5) is 0 Å². The van der Waals surface area contributed by atoms with Crippen molar-refractivity contribution in [3.05, 3.63) is 69.4 Å². The van der Waals surface area contributed by atoms with Crippen molar-refractivity contribution < 1.29 is 4.42 Å². The van der Waals surface area contributed by atoms with Crippen molar-refractivity contribution in [2.45, 2.75) is 13.0 Å². The van der Waals surface area contributed by atoms with Gasteiger partial charge in [-0.15, -0.1) is 0 Å². The number of benzene rings is 2. The Kier molecular flexibility index (Phi) is 3.47. The summed E-state index contributed by atoms with van der Waals surface area (Å²) in [5.74, 6) is 0.690. The molecule has 1 aromatic heterocycles. The quantitative estimate of drug-likeness (QED) is 0.715. The van der Waals surface area contributed by atoms with Crippen molar-refractivity contribution >= 4 is 34.2 Å². The van der Waals surface area contributed by atoms with Crippen LogP contribution in [0.25, 0.3) is 11.0 Å². The van der Waals surface area contributed by atoms with Crippen molar-refractivity contribution in [1.82, 2.24) is 0 Å². The van der Waals surface area contributed by atoms with Gasteiger partial charge in [-0.05, 0) is 36.2 Å². The molecule has 3 rings (SSSR count). The third-order valence-electron chi connectivity index (χ3n) is 3.36. The van der Waals surface area contributed by atoms with E-state index < -0.39 is 0 Å². The fraction of sp³-hybridized carbons (Fsp3) is 0.125. The second-order valence-electron chi connectivity index (χ2n) is 4.79. The first-order valence-corrected chi connectivity index (χ1v) is 7.01. The molecule has 0 amide bonds. The molecule has 4 heteroatoms. The van der Waals surface area contributed by atoms with Crippen LogP contribution in [-0.4, -0.2) is 0 Å². The lowest BCUT2D eigenvalue weighted by Gasteiger charge is -2.10. The van der Waals surface area contributed by atoms with Gasteiger partial charge in [0.05, 0.1) is 11.1 Å². The van der Waals surface area contributed by atoms with Gasteiger partial charge < -0.3 is 10.2 Å². The number of rotatable bonds is 2. The molecule has 20 heavy (non-hydrogen) atoms. The molecule has 0 aliphatic rings. The highest BCUT2D eigenvalue weighted by Crippen LogP contribution is 2.31. The minimum absolute atomic E-state index is 0.338. The predicted molar refractivity (Wildman–Crippen MR) is 83.4 cm³/mol. The largest absolute Gasteiger partial charge is 0.457 e. The van der Waals surface area contributed by atoms with E-state index in [4.69, 9.17) is 33.4 Å². The van der Waals surface area contributed by atoms with Gasteiger partial charge in [0.15, 0.2) is 5.58 Å². The van der Waals surface area contributed by atoms with Gasteiger partial charge in [0.2, 0.25) is 0 Å². The maximum absolute atomic E-state index is 6.27. The van der Waals surface area contributed by atoms with E-state index in [0.717, 1.165) is 21.5 Å². The molecule has 1 unspecified atom stereocenters. The summed E-state index contributed by atoms with van der Waals surface area (Å²) in [6, 6.07) is 13.0. The normalized spacial score (nSPS) is 12.8. The van der Waals surface area contributed by atoms with Crippen LogP contribution in [0.2, 0.25) is 10.0 Å². The molecule has 0 spiro atoms. The molecule has 2 aromatic carbocycles. The number of para-hydroxylation sites is 1. The highest BCUT2D eigenvalue weighted by Gasteiger charge is 2.16. The van der Waals surface area contributed by atoms with E-state index in [0.29, 0.717) is 16.4 Å². The third kappa shape index (κ3) is 2.31. The van der Waals surface area contributed by atoms with Crippen molar-refractivity contribution in [1.29, 1.82) is 0 Å². The Morgan fingerprint density at radius 1 is 1.05 bits per heavy atom.